The molecule has 1 heterocycles. The first-order chi connectivity index (χ1) is 10.2. The molecule has 21 heavy (non-hydrogen) atoms. The van der Waals surface area contributed by atoms with Crippen molar-refractivity contribution < 1.29 is 9.47 Å². The normalized spacial score (nSPS) is 12.5. The van der Waals surface area contributed by atoms with Crippen molar-refractivity contribution in [3.8, 4) is 5.75 Å². The Morgan fingerprint density at radius 1 is 1.24 bits per heavy atom. The molecule has 2 aromatic rings. The van der Waals surface area contributed by atoms with Gasteiger partial charge in [0.15, 0.2) is 0 Å². The molecule has 1 unspecified atom stereocenters. The molecule has 114 valence electrons. The first-order valence-corrected chi connectivity index (χ1v) is 7.47. The van der Waals surface area contributed by atoms with Crippen LogP contribution in [0.1, 0.15) is 19.0 Å². The molecule has 1 aromatic carbocycles. The van der Waals surface area contributed by atoms with Gasteiger partial charge < -0.3 is 14.8 Å². The molecule has 0 saturated carbocycles. The molecule has 0 bridgehead atoms. The van der Waals surface area contributed by atoms with Crippen LogP contribution in [0.15, 0.2) is 30.3 Å². The number of para-hydroxylation sites is 1. The zero-order valence-corrected chi connectivity index (χ0v) is 13.1. The molecule has 2 rings (SSSR count). The van der Waals surface area contributed by atoms with E-state index < -0.39 is 0 Å². The van der Waals surface area contributed by atoms with E-state index in [1.165, 1.54) is 0 Å². The number of methoxy groups -OCH3 is 1. The maximum atomic E-state index is 6.12. The first kappa shape index (κ1) is 15.7. The summed E-state index contributed by atoms with van der Waals surface area (Å²) >= 11 is 0. The van der Waals surface area contributed by atoms with E-state index in [0.29, 0.717) is 6.61 Å². The van der Waals surface area contributed by atoms with Gasteiger partial charge in [0, 0.05) is 24.7 Å². The summed E-state index contributed by atoms with van der Waals surface area (Å²) in [6, 6.07) is 10.1. The molecule has 0 fully saturated rings. The van der Waals surface area contributed by atoms with Gasteiger partial charge >= 0.3 is 0 Å². The van der Waals surface area contributed by atoms with Crippen LogP contribution in [0.25, 0.3) is 10.9 Å². The number of ether oxygens (including phenoxy) is 2. The molecule has 0 spiro atoms. The quantitative estimate of drug-likeness (QED) is 0.759. The van der Waals surface area contributed by atoms with Crippen molar-refractivity contribution in [2.75, 3.05) is 26.8 Å². The Morgan fingerprint density at radius 3 is 2.86 bits per heavy atom. The topological polar surface area (TPSA) is 43.4 Å². The van der Waals surface area contributed by atoms with E-state index >= 15 is 0 Å². The summed E-state index contributed by atoms with van der Waals surface area (Å²) in [6.45, 7) is 6.45. The Labute approximate surface area is 126 Å². The highest BCUT2D eigenvalue weighted by molar-refractivity contribution is 5.84. The second-order valence-corrected chi connectivity index (χ2v) is 5.18. The SMILES string of the molecule is CCCNCC(COC)Oc1cccc2ccc(C)nc12. The van der Waals surface area contributed by atoms with E-state index in [0.717, 1.165) is 41.9 Å². The largest absolute Gasteiger partial charge is 0.484 e. The van der Waals surface area contributed by atoms with Crippen LogP contribution in [0, 0.1) is 6.92 Å². The highest BCUT2D eigenvalue weighted by Crippen LogP contribution is 2.24. The third-order valence-corrected chi connectivity index (χ3v) is 3.27. The van der Waals surface area contributed by atoms with Crippen molar-refractivity contribution in [2.45, 2.75) is 26.4 Å². The molecule has 0 saturated heterocycles. The van der Waals surface area contributed by atoms with Gasteiger partial charge in [0.25, 0.3) is 0 Å². The monoisotopic (exact) mass is 288 g/mol. The van der Waals surface area contributed by atoms with Gasteiger partial charge in [-0.15, -0.1) is 0 Å². The van der Waals surface area contributed by atoms with Crippen LogP contribution in [0.4, 0.5) is 0 Å². The minimum Gasteiger partial charge on any atom is -0.484 e. The lowest BCUT2D eigenvalue weighted by atomic mass is 10.2. The smallest absolute Gasteiger partial charge is 0.146 e. The summed E-state index contributed by atoms with van der Waals surface area (Å²) in [5, 5.41) is 4.47. The summed E-state index contributed by atoms with van der Waals surface area (Å²) in [4.78, 5) is 4.60. The fraction of sp³-hybridized carbons (Fsp3) is 0.471. The lowest BCUT2D eigenvalue weighted by Gasteiger charge is -2.19. The molecule has 0 aliphatic rings. The average molecular weight is 288 g/mol. The molecule has 0 radical (unpaired) electrons. The van der Waals surface area contributed by atoms with Gasteiger partial charge in [0.05, 0.1) is 6.61 Å². The molecule has 1 N–H and O–H groups in total. The van der Waals surface area contributed by atoms with E-state index in [1.807, 2.05) is 25.1 Å². The second kappa shape index (κ2) is 7.96. The number of pyridine rings is 1. The predicted molar refractivity (Wildman–Crippen MR) is 85.9 cm³/mol. The van der Waals surface area contributed by atoms with Gasteiger partial charge in [-0.05, 0) is 32.0 Å². The number of aryl methyl sites for hydroxylation is 1. The van der Waals surface area contributed by atoms with E-state index in [1.54, 1.807) is 7.11 Å². The van der Waals surface area contributed by atoms with Crippen molar-refractivity contribution in [3.63, 3.8) is 0 Å². The van der Waals surface area contributed by atoms with Gasteiger partial charge in [-0.1, -0.05) is 25.1 Å². The molecular weight excluding hydrogens is 264 g/mol. The maximum absolute atomic E-state index is 6.12. The summed E-state index contributed by atoms with van der Waals surface area (Å²) in [5.41, 5.74) is 1.90. The van der Waals surface area contributed by atoms with E-state index in [-0.39, 0.29) is 6.10 Å². The van der Waals surface area contributed by atoms with Crippen LogP contribution in [-0.4, -0.2) is 37.9 Å². The van der Waals surface area contributed by atoms with Crippen molar-refractivity contribution in [1.29, 1.82) is 0 Å². The van der Waals surface area contributed by atoms with Gasteiger partial charge in [-0.2, -0.15) is 0 Å². The van der Waals surface area contributed by atoms with E-state index in [4.69, 9.17) is 9.47 Å². The lowest BCUT2D eigenvalue weighted by Crippen LogP contribution is -2.35. The highest BCUT2D eigenvalue weighted by atomic mass is 16.5. The van der Waals surface area contributed by atoms with Gasteiger partial charge in [-0.3, -0.25) is 0 Å². The summed E-state index contributed by atoms with van der Waals surface area (Å²) in [7, 11) is 1.70. The van der Waals surface area contributed by atoms with Crippen LogP contribution in [0.2, 0.25) is 0 Å². The highest BCUT2D eigenvalue weighted by Gasteiger charge is 2.12. The fourth-order valence-electron chi connectivity index (χ4n) is 2.25. The molecular formula is C17H24N2O2. The van der Waals surface area contributed by atoms with Crippen molar-refractivity contribution in [3.05, 3.63) is 36.0 Å². The zero-order valence-electron chi connectivity index (χ0n) is 13.1. The zero-order chi connectivity index (χ0) is 15.1. The number of rotatable bonds is 8. The summed E-state index contributed by atoms with van der Waals surface area (Å²) < 4.78 is 11.4. The molecule has 0 aliphatic heterocycles. The first-order valence-electron chi connectivity index (χ1n) is 7.47. The number of fused-ring (bicyclic) bond motifs is 1. The molecule has 4 heteroatoms. The third-order valence-electron chi connectivity index (χ3n) is 3.27. The molecule has 0 amide bonds. The van der Waals surface area contributed by atoms with Gasteiger partial charge in [0.2, 0.25) is 0 Å². The maximum Gasteiger partial charge on any atom is 0.146 e. The Balaban J connectivity index is 2.17. The molecule has 4 nitrogen and oxygen atoms in total. The van der Waals surface area contributed by atoms with Crippen molar-refractivity contribution in [1.82, 2.24) is 10.3 Å². The van der Waals surface area contributed by atoms with Crippen LogP contribution < -0.4 is 10.1 Å². The number of hydrogen-bond donors (Lipinski definition) is 1. The van der Waals surface area contributed by atoms with Crippen LogP contribution in [0.5, 0.6) is 5.75 Å². The molecule has 1 aromatic heterocycles. The number of hydrogen-bond acceptors (Lipinski definition) is 4. The van der Waals surface area contributed by atoms with E-state index in [9.17, 15) is 0 Å². The Morgan fingerprint density at radius 2 is 2.10 bits per heavy atom. The fourth-order valence-corrected chi connectivity index (χ4v) is 2.25. The third kappa shape index (κ3) is 4.41. The minimum absolute atomic E-state index is 0.0190. The molecule has 1 atom stereocenters. The number of nitrogens with one attached hydrogen (secondary N) is 1. The van der Waals surface area contributed by atoms with Gasteiger partial charge in [-0.25, -0.2) is 4.98 Å². The number of benzene rings is 1. The van der Waals surface area contributed by atoms with Crippen LogP contribution in [-0.2, 0) is 4.74 Å². The summed E-state index contributed by atoms with van der Waals surface area (Å²) in [6.07, 6.45) is 1.09. The Bertz CT molecular complexity index is 572. The average Bonchev–Trinajstić information content (AvgIpc) is 2.48. The Kier molecular flexibility index (Phi) is 5.96. The van der Waals surface area contributed by atoms with Crippen LogP contribution in [0.3, 0.4) is 0 Å². The van der Waals surface area contributed by atoms with Gasteiger partial charge in [0.1, 0.15) is 17.4 Å². The van der Waals surface area contributed by atoms with Crippen molar-refractivity contribution >= 4 is 10.9 Å². The number of nitrogens with zero attached hydrogens (tertiary/aromatic N) is 1. The van der Waals surface area contributed by atoms with Crippen molar-refractivity contribution in [2.24, 2.45) is 0 Å². The minimum atomic E-state index is -0.0190. The number of aromatic nitrogens is 1. The predicted octanol–water partition coefficient (Wildman–Crippen LogP) is 2.94. The summed E-state index contributed by atoms with van der Waals surface area (Å²) in [5.74, 6) is 0.816. The Hall–Kier alpha value is -1.65. The lowest BCUT2D eigenvalue weighted by molar-refractivity contribution is 0.0816. The standard InChI is InChI=1S/C17H24N2O2/c1-4-10-18-11-15(12-20-3)21-16-7-5-6-14-9-8-13(2)19-17(14)16/h5-9,15,18H,4,10-12H2,1-3H3. The van der Waals surface area contributed by atoms with Crippen LogP contribution >= 0.6 is 0 Å². The van der Waals surface area contributed by atoms with E-state index in [2.05, 4.69) is 29.4 Å². The molecule has 0 aliphatic carbocycles. The second-order valence-electron chi connectivity index (χ2n) is 5.18.